The number of benzene rings is 9. The maximum absolute atomic E-state index is 2.55. The molecule has 1 aromatic heterocycles. The molecule has 0 saturated carbocycles. The van der Waals surface area contributed by atoms with Crippen molar-refractivity contribution in [3.05, 3.63) is 229 Å². The summed E-state index contributed by atoms with van der Waals surface area (Å²) >= 11 is 1.98. The van der Waals surface area contributed by atoms with Crippen LogP contribution in [0.1, 0.15) is 34.6 Å². The Hall–Kier alpha value is -6.87. The van der Waals surface area contributed by atoms with Gasteiger partial charge in [0.25, 0.3) is 0 Å². The third kappa shape index (κ3) is 6.41. The van der Waals surface area contributed by atoms with Crippen LogP contribution in [0.25, 0.3) is 83.1 Å². The topological polar surface area (TPSA) is 4.93 Å². The van der Waals surface area contributed by atoms with Crippen molar-refractivity contribution in [1.82, 2.24) is 4.57 Å². The number of aromatic nitrogens is 1. The van der Waals surface area contributed by atoms with Crippen LogP contribution in [0.4, 0.5) is 0 Å². The van der Waals surface area contributed by atoms with E-state index >= 15 is 0 Å². The average Bonchev–Trinajstić information content (AvgIpc) is 3.43. The molecule has 0 radical (unpaired) electrons. The van der Waals surface area contributed by atoms with Gasteiger partial charge in [-0.15, -0.1) is 11.8 Å². The summed E-state index contributed by atoms with van der Waals surface area (Å²) < 4.78 is 2.55. The monoisotopic (exact) mass is 811 g/mol. The molecule has 1 aliphatic carbocycles. The van der Waals surface area contributed by atoms with Crippen LogP contribution in [0.3, 0.4) is 0 Å². The standard InChI is InChI=1S/C60H45NS/c1-3-15-40(16-4-1)35-46-30-29-42-19-7-8-22-48(42)54-26-14-25-49(60(46)54)45-31-32-52-51-23-9-11-27-57(51)61(58(52)37-45)47-38-55(44-21-13-20-43(36-44)41-17-5-2-6-18-41)50-33-34-62-59-28-12-10-24-53(59)56(50)39-47/h1-28,31-32,36-39,46H,29-30,33-35H2. The smallest absolute Gasteiger partial charge is 0.0547 e. The molecule has 0 saturated heterocycles. The highest BCUT2D eigenvalue weighted by atomic mass is 32.2. The molecule has 1 unspecified atom stereocenters. The summed E-state index contributed by atoms with van der Waals surface area (Å²) in [4.78, 5) is 1.35. The van der Waals surface area contributed by atoms with Crippen LogP contribution in [-0.4, -0.2) is 10.3 Å². The molecule has 10 aromatic rings. The van der Waals surface area contributed by atoms with Crippen LogP contribution < -0.4 is 0 Å². The highest BCUT2D eigenvalue weighted by Gasteiger charge is 2.27. The minimum Gasteiger partial charge on any atom is -0.309 e. The number of thioether (sulfide) groups is 1. The zero-order valence-corrected chi connectivity index (χ0v) is 35.4. The van der Waals surface area contributed by atoms with Crippen LogP contribution in [0.2, 0.25) is 0 Å². The molecule has 0 amide bonds. The first kappa shape index (κ1) is 36.9. The van der Waals surface area contributed by atoms with Gasteiger partial charge in [0, 0.05) is 27.1 Å². The average molecular weight is 812 g/mol. The molecule has 0 N–H and O–H groups in total. The van der Waals surface area contributed by atoms with E-state index in [0.717, 1.165) is 31.4 Å². The normalized spacial score (nSPS) is 14.4. The molecule has 1 aliphatic heterocycles. The van der Waals surface area contributed by atoms with Crippen LogP contribution >= 0.6 is 11.8 Å². The number of para-hydroxylation sites is 1. The van der Waals surface area contributed by atoms with E-state index in [1.165, 1.54) is 110 Å². The molecule has 62 heavy (non-hydrogen) atoms. The lowest BCUT2D eigenvalue weighted by molar-refractivity contribution is 0.630. The van der Waals surface area contributed by atoms with Gasteiger partial charge >= 0.3 is 0 Å². The van der Waals surface area contributed by atoms with E-state index in [-0.39, 0.29) is 0 Å². The summed E-state index contributed by atoms with van der Waals surface area (Å²) in [6.45, 7) is 0. The van der Waals surface area contributed by atoms with Crippen molar-refractivity contribution in [1.29, 1.82) is 0 Å². The molecular weight excluding hydrogens is 767 g/mol. The maximum Gasteiger partial charge on any atom is 0.0547 e. The third-order valence-corrected chi connectivity index (χ3v) is 14.5. The van der Waals surface area contributed by atoms with Gasteiger partial charge in [-0.2, -0.15) is 0 Å². The fourth-order valence-corrected chi connectivity index (χ4v) is 11.6. The zero-order valence-electron chi connectivity index (χ0n) is 34.6. The Morgan fingerprint density at radius 3 is 2.00 bits per heavy atom. The van der Waals surface area contributed by atoms with Gasteiger partial charge < -0.3 is 4.57 Å². The quantitative estimate of drug-likeness (QED) is 0.162. The van der Waals surface area contributed by atoms with Gasteiger partial charge in [0.2, 0.25) is 0 Å². The van der Waals surface area contributed by atoms with Gasteiger partial charge in [-0.05, 0) is 146 Å². The van der Waals surface area contributed by atoms with Crippen LogP contribution in [-0.2, 0) is 19.3 Å². The summed E-state index contributed by atoms with van der Waals surface area (Å²) in [6.07, 6.45) is 4.21. The van der Waals surface area contributed by atoms with E-state index in [1.807, 2.05) is 11.8 Å². The summed E-state index contributed by atoms with van der Waals surface area (Å²) in [5, 5.41) is 2.55. The van der Waals surface area contributed by atoms with E-state index in [9.17, 15) is 0 Å². The van der Waals surface area contributed by atoms with Gasteiger partial charge in [0.1, 0.15) is 0 Å². The van der Waals surface area contributed by atoms with Crippen molar-refractivity contribution in [2.75, 3.05) is 5.75 Å². The van der Waals surface area contributed by atoms with Crippen LogP contribution in [0.5, 0.6) is 0 Å². The summed E-state index contributed by atoms with van der Waals surface area (Å²) in [5.41, 5.74) is 22.5. The minimum atomic E-state index is 0.384. The van der Waals surface area contributed by atoms with Crippen molar-refractivity contribution in [3.63, 3.8) is 0 Å². The number of aryl methyl sites for hydroxylation is 1. The Kier molecular flexibility index (Phi) is 9.26. The molecule has 2 aliphatic rings. The molecule has 12 rings (SSSR count). The summed E-state index contributed by atoms with van der Waals surface area (Å²) in [7, 11) is 0. The Bertz CT molecular complexity index is 3300. The SMILES string of the molecule is c1ccc(CC2CCc3ccccc3-c3cccc(-c4ccc5c6ccccc6n(-c6cc(-c7cccc(-c8ccccc8)c7)c7c(c6)-c6ccccc6SCC7)c5c4)c32)cc1. The van der Waals surface area contributed by atoms with Crippen LogP contribution in [0, 0.1) is 0 Å². The second kappa shape index (κ2) is 15.5. The third-order valence-electron chi connectivity index (χ3n) is 13.5. The van der Waals surface area contributed by atoms with Gasteiger partial charge in [0.05, 0.1) is 11.0 Å². The number of hydrogen-bond acceptors (Lipinski definition) is 1. The number of fused-ring (bicyclic) bond motifs is 9. The summed E-state index contributed by atoms with van der Waals surface area (Å²) in [6, 6.07) is 77.5. The molecule has 9 aromatic carbocycles. The molecule has 2 heteroatoms. The minimum absolute atomic E-state index is 0.384. The predicted molar refractivity (Wildman–Crippen MR) is 264 cm³/mol. The Morgan fingerprint density at radius 1 is 0.435 bits per heavy atom. The second-order valence-electron chi connectivity index (χ2n) is 17.0. The Morgan fingerprint density at radius 2 is 1.10 bits per heavy atom. The van der Waals surface area contributed by atoms with E-state index < -0.39 is 0 Å². The van der Waals surface area contributed by atoms with Crippen molar-refractivity contribution >= 4 is 33.6 Å². The van der Waals surface area contributed by atoms with Crippen molar-refractivity contribution < 1.29 is 0 Å². The number of hydrogen-bond donors (Lipinski definition) is 0. The molecular formula is C60H45NS. The molecule has 296 valence electrons. The highest BCUT2D eigenvalue weighted by Crippen LogP contribution is 2.47. The largest absolute Gasteiger partial charge is 0.309 e. The lowest BCUT2D eigenvalue weighted by Crippen LogP contribution is -2.06. The lowest BCUT2D eigenvalue weighted by atomic mass is 9.81. The maximum atomic E-state index is 2.55. The first-order valence-electron chi connectivity index (χ1n) is 22.1. The fourth-order valence-electron chi connectivity index (χ4n) is 10.6. The highest BCUT2D eigenvalue weighted by molar-refractivity contribution is 7.99. The lowest BCUT2D eigenvalue weighted by Gasteiger charge is -2.23. The summed E-state index contributed by atoms with van der Waals surface area (Å²) in [5.74, 6) is 1.43. The molecule has 0 bridgehead atoms. The van der Waals surface area contributed by atoms with Gasteiger partial charge in [-0.25, -0.2) is 0 Å². The molecule has 0 spiro atoms. The molecule has 2 heterocycles. The first-order chi connectivity index (χ1) is 30.7. The van der Waals surface area contributed by atoms with E-state index in [0.29, 0.717) is 5.92 Å². The van der Waals surface area contributed by atoms with E-state index in [4.69, 9.17) is 0 Å². The Labute approximate surface area is 368 Å². The number of rotatable bonds is 6. The Balaban J connectivity index is 1.10. The molecule has 0 fully saturated rings. The second-order valence-corrected chi connectivity index (χ2v) is 18.1. The van der Waals surface area contributed by atoms with Gasteiger partial charge in [-0.3, -0.25) is 0 Å². The predicted octanol–water partition coefficient (Wildman–Crippen LogP) is 16.0. The molecule has 1 atom stereocenters. The fraction of sp³-hybridized carbons (Fsp3) is 0.100. The molecule has 1 nitrogen and oxygen atoms in total. The van der Waals surface area contributed by atoms with Gasteiger partial charge in [0.15, 0.2) is 0 Å². The van der Waals surface area contributed by atoms with Crippen molar-refractivity contribution in [2.24, 2.45) is 0 Å². The van der Waals surface area contributed by atoms with Gasteiger partial charge in [-0.1, -0.05) is 170 Å². The van der Waals surface area contributed by atoms with Crippen molar-refractivity contribution in [2.45, 2.75) is 36.5 Å². The number of nitrogens with zero attached hydrogens (tertiary/aromatic N) is 1. The van der Waals surface area contributed by atoms with E-state index in [2.05, 4.69) is 211 Å². The van der Waals surface area contributed by atoms with Crippen LogP contribution in [0.15, 0.2) is 211 Å². The van der Waals surface area contributed by atoms with Crippen molar-refractivity contribution in [3.8, 4) is 61.3 Å². The first-order valence-corrected chi connectivity index (χ1v) is 23.1. The van der Waals surface area contributed by atoms with E-state index in [1.54, 1.807) is 0 Å². The zero-order chi connectivity index (χ0) is 41.0.